The molecule has 0 heterocycles. The number of carbonyl (C=O) groups excluding carboxylic acids is 4. The van der Waals surface area contributed by atoms with Crippen LogP contribution in [0.1, 0.15) is 67.1 Å². The molecule has 0 radical (unpaired) electrons. The Morgan fingerprint density at radius 1 is 0.667 bits per heavy atom. The first-order valence-electron chi connectivity index (χ1n) is 8.97. The molecule has 0 aliphatic rings. The molecule has 158 valence electrons. The Bertz CT molecular complexity index is 915. The quantitative estimate of drug-likeness (QED) is 0.152. The van der Waals surface area contributed by atoms with Crippen LogP contribution in [0.4, 0.5) is 0 Å². The van der Waals surface area contributed by atoms with Crippen molar-refractivity contribution in [2.75, 3.05) is 0 Å². The molecule has 0 aliphatic carbocycles. The van der Waals surface area contributed by atoms with Crippen LogP contribution in [0, 0.1) is 0 Å². The Morgan fingerprint density at radius 3 is 1.33 bits per heavy atom. The van der Waals surface area contributed by atoms with Gasteiger partial charge in [-0.3, -0.25) is 30.0 Å². The number of unbranched alkanes of at least 4 members (excludes halogenated alkanes) is 1. The van der Waals surface area contributed by atoms with Crippen LogP contribution in [0.2, 0.25) is 10.0 Å². The van der Waals surface area contributed by atoms with Crippen molar-refractivity contribution in [3.63, 3.8) is 0 Å². The van der Waals surface area contributed by atoms with Crippen molar-refractivity contribution < 1.29 is 19.2 Å². The van der Waals surface area contributed by atoms with E-state index in [9.17, 15) is 19.2 Å². The molecule has 0 aliphatic heterocycles. The summed E-state index contributed by atoms with van der Waals surface area (Å²) in [4.78, 5) is 48.2. The van der Waals surface area contributed by atoms with E-state index in [1.807, 2.05) is 10.9 Å². The molecule has 0 unspecified atom stereocenters. The van der Waals surface area contributed by atoms with Gasteiger partial charge in [0.2, 0.25) is 0 Å². The Kier molecular flexibility index (Phi) is 8.49. The maximum Gasteiger partial charge on any atom is 0.266 e. The minimum absolute atomic E-state index is 0.0308. The Balaban J connectivity index is 1.96. The Hall–Kier alpha value is -2.78. The second kappa shape index (κ2) is 10.8. The average molecular weight is 451 g/mol. The summed E-state index contributed by atoms with van der Waals surface area (Å²) >= 11 is 12.3. The molecule has 0 spiro atoms. The lowest BCUT2D eigenvalue weighted by Crippen LogP contribution is -2.30. The number of benzene rings is 2. The molecule has 8 nitrogen and oxygen atoms in total. The highest BCUT2D eigenvalue weighted by molar-refractivity contribution is 6.37. The summed E-state index contributed by atoms with van der Waals surface area (Å²) in [6, 6.07) is 9.05. The predicted molar refractivity (Wildman–Crippen MR) is 113 cm³/mol. The predicted octanol–water partition coefficient (Wildman–Crippen LogP) is 2.83. The fraction of sp³-hybridized carbons (Fsp3) is 0.200. The summed E-state index contributed by atoms with van der Waals surface area (Å²) in [7, 11) is 0. The summed E-state index contributed by atoms with van der Waals surface area (Å²) in [5, 5.41) is 0.0617. The van der Waals surface area contributed by atoms with Crippen LogP contribution in [0.5, 0.6) is 0 Å². The first kappa shape index (κ1) is 23.5. The van der Waals surface area contributed by atoms with E-state index < -0.39 is 11.8 Å². The van der Waals surface area contributed by atoms with Gasteiger partial charge >= 0.3 is 0 Å². The summed E-state index contributed by atoms with van der Waals surface area (Å²) < 4.78 is 0. The molecule has 0 atom stereocenters. The molecule has 0 bridgehead atoms. The molecule has 2 aromatic carbocycles. The molecule has 30 heavy (non-hydrogen) atoms. The molecule has 0 fully saturated rings. The van der Waals surface area contributed by atoms with Crippen LogP contribution in [-0.4, -0.2) is 23.4 Å². The number of hydrogen-bond acceptors (Lipinski definition) is 6. The number of amides is 2. The first-order valence-corrected chi connectivity index (χ1v) is 9.72. The topological polar surface area (TPSA) is 144 Å². The zero-order chi connectivity index (χ0) is 22.3. The van der Waals surface area contributed by atoms with Gasteiger partial charge in [-0.1, -0.05) is 35.3 Å². The molecule has 0 aromatic heterocycles. The zero-order valence-electron chi connectivity index (χ0n) is 15.8. The molecular weight excluding hydrogens is 431 g/mol. The van der Waals surface area contributed by atoms with Crippen molar-refractivity contribution in [2.45, 2.75) is 25.7 Å². The van der Waals surface area contributed by atoms with Crippen LogP contribution in [0.25, 0.3) is 0 Å². The first-order chi connectivity index (χ1) is 14.3. The third kappa shape index (κ3) is 5.43. The van der Waals surface area contributed by atoms with Crippen LogP contribution < -0.4 is 22.5 Å². The molecule has 0 saturated heterocycles. The van der Waals surface area contributed by atoms with Crippen molar-refractivity contribution >= 4 is 46.6 Å². The molecule has 2 rings (SSSR count). The van der Waals surface area contributed by atoms with Crippen molar-refractivity contribution in [1.29, 1.82) is 0 Å². The summed E-state index contributed by atoms with van der Waals surface area (Å²) in [6.07, 6.45) is 1.14. The standard InChI is InChI=1S/C20H20Cl2N4O4/c21-17-11(5-3-7-13(17)19(29)25-23)15(27)9-1-2-10-16(28)12-6-4-8-14(18(12)22)20(30)26-24/h3-8H,1-2,9-10,23-24H2,(H,25,29)(H,26,30). The number of nitrogens with one attached hydrogen (secondary N) is 2. The minimum atomic E-state index is -0.595. The maximum absolute atomic E-state index is 12.4. The van der Waals surface area contributed by atoms with E-state index in [2.05, 4.69) is 0 Å². The van der Waals surface area contributed by atoms with Crippen LogP contribution in [0.3, 0.4) is 0 Å². The van der Waals surface area contributed by atoms with E-state index in [0.717, 1.165) is 0 Å². The highest BCUT2D eigenvalue weighted by atomic mass is 35.5. The highest BCUT2D eigenvalue weighted by Crippen LogP contribution is 2.25. The van der Waals surface area contributed by atoms with E-state index in [0.29, 0.717) is 12.8 Å². The summed E-state index contributed by atoms with van der Waals surface area (Å²) in [6.45, 7) is 0. The number of hydrogen-bond donors (Lipinski definition) is 4. The number of nitrogens with two attached hydrogens (primary N) is 2. The fourth-order valence-corrected chi connectivity index (χ4v) is 3.48. The van der Waals surface area contributed by atoms with E-state index in [1.165, 1.54) is 24.3 Å². The lowest BCUT2D eigenvalue weighted by Gasteiger charge is -2.09. The van der Waals surface area contributed by atoms with Crippen LogP contribution in [0.15, 0.2) is 36.4 Å². The molecule has 0 saturated carbocycles. The number of halogens is 2. The fourth-order valence-electron chi connectivity index (χ4n) is 2.84. The van der Waals surface area contributed by atoms with Gasteiger partial charge < -0.3 is 0 Å². The third-order valence-electron chi connectivity index (χ3n) is 4.41. The van der Waals surface area contributed by atoms with Gasteiger partial charge in [-0.15, -0.1) is 0 Å². The summed E-state index contributed by atoms with van der Waals surface area (Å²) in [5.41, 5.74) is 4.59. The lowest BCUT2D eigenvalue weighted by atomic mass is 9.99. The van der Waals surface area contributed by atoms with Gasteiger partial charge in [0.1, 0.15) is 0 Å². The van der Waals surface area contributed by atoms with Gasteiger partial charge in [-0.2, -0.15) is 0 Å². The Morgan fingerprint density at radius 2 is 1.00 bits per heavy atom. The number of carbonyl (C=O) groups is 4. The number of hydrazine groups is 2. The Labute approximate surface area is 182 Å². The SMILES string of the molecule is NNC(=O)c1cccc(C(=O)CCCCC(=O)c2cccc(C(=O)NN)c2Cl)c1Cl. The van der Waals surface area contributed by atoms with Crippen LogP contribution >= 0.6 is 23.2 Å². The van der Waals surface area contributed by atoms with E-state index >= 15 is 0 Å². The zero-order valence-corrected chi connectivity index (χ0v) is 17.3. The lowest BCUT2D eigenvalue weighted by molar-refractivity contribution is 0.0941. The monoisotopic (exact) mass is 450 g/mol. The number of nitrogen functional groups attached to an aromatic ring is 2. The second-order valence-corrected chi connectivity index (χ2v) is 7.09. The number of rotatable bonds is 9. The number of ketones is 2. The van der Waals surface area contributed by atoms with Crippen molar-refractivity contribution in [1.82, 2.24) is 10.9 Å². The van der Waals surface area contributed by atoms with Crippen molar-refractivity contribution in [3.8, 4) is 0 Å². The van der Waals surface area contributed by atoms with Gasteiger partial charge in [-0.25, -0.2) is 11.7 Å². The smallest absolute Gasteiger partial charge is 0.266 e. The second-order valence-electron chi connectivity index (χ2n) is 6.33. The van der Waals surface area contributed by atoms with E-state index in [-0.39, 0.29) is 56.7 Å². The van der Waals surface area contributed by atoms with Gasteiger partial charge in [0.15, 0.2) is 11.6 Å². The molecule has 6 N–H and O–H groups in total. The van der Waals surface area contributed by atoms with E-state index in [1.54, 1.807) is 12.1 Å². The molecule has 10 heteroatoms. The van der Waals surface area contributed by atoms with Crippen molar-refractivity contribution in [2.24, 2.45) is 11.7 Å². The summed E-state index contributed by atoms with van der Waals surface area (Å²) in [5.74, 6) is 8.52. The van der Waals surface area contributed by atoms with Gasteiger partial charge in [0, 0.05) is 24.0 Å². The van der Waals surface area contributed by atoms with Gasteiger partial charge in [0.05, 0.1) is 21.2 Å². The van der Waals surface area contributed by atoms with E-state index in [4.69, 9.17) is 34.9 Å². The third-order valence-corrected chi connectivity index (χ3v) is 5.22. The molecule has 2 amide bonds. The maximum atomic E-state index is 12.4. The number of Topliss-reactive ketones (excluding diaryl/α,β-unsaturated/α-hetero) is 2. The minimum Gasteiger partial charge on any atom is -0.294 e. The molecular formula is C20H20Cl2N4O4. The normalized spacial score (nSPS) is 10.4. The average Bonchev–Trinajstić information content (AvgIpc) is 2.75. The largest absolute Gasteiger partial charge is 0.294 e. The molecule has 2 aromatic rings. The van der Waals surface area contributed by atoms with Gasteiger partial charge in [-0.05, 0) is 37.1 Å². The van der Waals surface area contributed by atoms with Crippen molar-refractivity contribution in [3.05, 3.63) is 68.7 Å². The van der Waals surface area contributed by atoms with Gasteiger partial charge in [0.25, 0.3) is 11.8 Å². The highest BCUT2D eigenvalue weighted by Gasteiger charge is 2.19. The van der Waals surface area contributed by atoms with Crippen LogP contribution in [-0.2, 0) is 0 Å².